The van der Waals surface area contributed by atoms with Crippen molar-refractivity contribution in [2.75, 3.05) is 18.4 Å². The van der Waals surface area contributed by atoms with Crippen LogP contribution in [-0.2, 0) is 16.6 Å². The fourth-order valence-electron chi connectivity index (χ4n) is 3.46. The summed E-state index contributed by atoms with van der Waals surface area (Å²) in [5.74, 6) is 0.0197. The lowest BCUT2D eigenvalue weighted by Crippen LogP contribution is -2.28. The number of carbonyl (C=O) groups excluding carboxylic acids is 1. The van der Waals surface area contributed by atoms with Crippen molar-refractivity contribution in [2.24, 2.45) is 0 Å². The van der Waals surface area contributed by atoms with Gasteiger partial charge in [0, 0.05) is 24.7 Å². The molecular formula is C21H20Cl2N4O3S. The van der Waals surface area contributed by atoms with Crippen LogP contribution < -0.4 is 5.32 Å². The zero-order valence-corrected chi connectivity index (χ0v) is 18.8. The Balaban J connectivity index is 1.54. The molecule has 0 saturated carbocycles. The lowest BCUT2D eigenvalue weighted by atomic mass is 10.2. The van der Waals surface area contributed by atoms with E-state index in [4.69, 9.17) is 23.2 Å². The number of aromatic nitrogens is 2. The Morgan fingerprint density at radius 3 is 2.58 bits per heavy atom. The summed E-state index contributed by atoms with van der Waals surface area (Å²) >= 11 is 12.3. The predicted molar refractivity (Wildman–Crippen MR) is 120 cm³/mol. The Morgan fingerprint density at radius 1 is 1.06 bits per heavy atom. The van der Waals surface area contributed by atoms with E-state index in [0.717, 1.165) is 18.4 Å². The van der Waals surface area contributed by atoms with Gasteiger partial charge in [-0.05, 0) is 42.7 Å². The van der Waals surface area contributed by atoms with Gasteiger partial charge in [-0.1, -0.05) is 41.4 Å². The van der Waals surface area contributed by atoms with E-state index in [1.54, 1.807) is 41.2 Å². The van der Waals surface area contributed by atoms with Crippen molar-refractivity contribution < 1.29 is 13.2 Å². The van der Waals surface area contributed by atoms with Crippen LogP contribution in [-0.4, -0.2) is 41.5 Å². The van der Waals surface area contributed by atoms with Crippen molar-refractivity contribution in [1.82, 2.24) is 14.1 Å². The van der Waals surface area contributed by atoms with Crippen LogP contribution in [0.4, 0.5) is 5.82 Å². The minimum absolute atomic E-state index is 0.112. The summed E-state index contributed by atoms with van der Waals surface area (Å²) in [6.45, 7) is 1.32. The SMILES string of the molecule is O=C(Nc1ccnn1Cc1cccc(Cl)c1Cl)c1cccc(S(=O)(=O)N2CCCC2)c1. The zero-order chi connectivity index (χ0) is 22.0. The molecule has 2 heterocycles. The monoisotopic (exact) mass is 478 g/mol. The van der Waals surface area contributed by atoms with Gasteiger partial charge in [-0.2, -0.15) is 9.40 Å². The van der Waals surface area contributed by atoms with Crippen LogP contribution in [0.25, 0.3) is 0 Å². The molecule has 162 valence electrons. The van der Waals surface area contributed by atoms with Crippen LogP contribution >= 0.6 is 23.2 Å². The largest absolute Gasteiger partial charge is 0.307 e. The third-order valence-corrected chi connectivity index (χ3v) is 7.86. The van der Waals surface area contributed by atoms with Gasteiger partial charge >= 0.3 is 0 Å². The van der Waals surface area contributed by atoms with Crippen molar-refractivity contribution >= 4 is 45.0 Å². The maximum atomic E-state index is 12.8. The molecule has 0 unspecified atom stereocenters. The molecule has 0 atom stereocenters. The summed E-state index contributed by atoms with van der Waals surface area (Å²) in [6.07, 6.45) is 3.25. The highest BCUT2D eigenvalue weighted by molar-refractivity contribution is 7.89. The van der Waals surface area contributed by atoms with Crippen molar-refractivity contribution in [3.8, 4) is 0 Å². The van der Waals surface area contributed by atoms with E-state index >= 15 is 0 Å². The number of rotatable bonds is 6. The van der Waals surface area contributed by atoms with E-state index in [0.29, 0.717) is 35.5 Å². The summed E-state index contributed by atoms with van der Waals surface area (Å²) in [6, 6.07) is 13.0. The third-order valence-electron chi connectivity index (χ3n) is 5.11. The number of nitrogens with zero attached hydrogens (tertiary/aromatic N) is 3. The number of halogens is 2. The summed E-state index contributed by atoms with van der Waals surface area (Å²) in [5.41, 5.74) is 1.00. The van der Waals surface area contributed by atoms with Gasteiger partial charge in [0.25, 0.3) is 5.91 Å². The number of sulfonamides is 1. The minimum Gasteiger partial charge on any atom is -0.307 e. The summed E-state index contributed by atoms with van der Waals surface area (Å²) in [7, 11) is -3.61. The Bertz CT molecular complexity index is 1220. The Morgan fingerprint density at radius 2 is 1.81 bits per heavy atom. The van der Waals surface area contributed by atoms with Crippen LogP contribution in [0.1, 0.15) is 28.8 Å². The highest BCUT2D eigenvalue weighted by atomic mass is 35.5. The highest BCUT2D eigenvalue weighted by Crippen LogP contribution is 2.27. The predicted octanol–water partition coefficient (Wildman–Crippen LogP) is 4.28. The topological polar surface area (TPSA) is 84.3 Å². The van der Waals surface area contributed by atoms with Gasteiger partial charge in [0.1, 0.15) is 5.82 Å². The quantitative estimate of drug-likeness (QED) is 0.572. The van der Waals surface area contributed by atoms with Crippen molar-refractivity contribution in [1.29, 1.82) is 0 Å². The second-order valence-electron chi connectivity index (χ2n) is 7.18. The van der Waals surface area contributed by atoms with Crippen LogP contribution in [0, 0.1) is 0 Å². The van der Waals surface area contributed by atoms with Gasteiger partial charge in [0.2, 0.25) is 10.0 Å². The van der Waals surface area contributed by atoms with E-state index in [1.807, 2.05) is 6.07 Å². The fraction of sp³-hybridized carbons (Fsp3) is 0.238. The van der Waals surface area contributed by atoms with Crippen molar-refractivity contribution in [2.45, 2.75) is 24.3 Å². The highest BCUT2D eigenvalue weighted by Gasteiger charge is 2.27. The standard InChI is InChI=1S/C21H20Cl2N4O3S/c22-18-8-4-6-16(20(18)23)14-27-19(9-10-24-27)25-21(28)15-5-3-7-17(13-15)31(29,30)26-11-1-2-12-26/h3-10,13H,1-2,11-12,14H2,(H,25,28). The molecule has 3 aromatic rings. The number of benzene rings is 2. The van der Waals surface area contributed by atoms with E-state index in [-0.39, 0.29) is 10.5 Å². The average molecular weight is 479 g/mol. The lowest BCUT2D eigenvalue weighted by Gasteiger charge is -2.16. The van der Waals surface area contributed by atoms with Gasteiger partial charge in [0.05, 0.1) is 27.7 Å². The molecule has 31 heavy (non-hydrogen) atoms. The zero-order valence-electron chi connectivity index (χ0n) is 16.5. The molecule has 1 aliphatic heterocycles. The third kappa shape index (κ3) is 4.62. The van der Waals surface area contributed by atoms with Crippen molar-refractivity contribution in [3.05, 3.63) is 75.9 Å². The van der Waals surface area contributed by atoms with Crippen LogP contribution in [0.3, 0.4) is 0 Å². The number of carbonyl (C=O) groups is 1. The van der Waals surface area contributed by atoms with Crippen molar-refractivity contribution in [3.63, 3.8) is 0 Å². The van der Waals surface area contributed by atoms with Crippen LogP contribution in [0.15, 0.2) is 59.6 Å². The molecule has 1 N–H and O–H groups in total. The first-order chi connectivity index (χ1) is 14.9. The number of amides is 1. The molecule has 0 bridgehead atoms. The Hall–Kier alpha value is -2.39. The molecule has 10 heteroatoms. The Kier molecular flexibility index (Phi) is 6.34. The van der Waals surface area contributed by atoms with Gasteiger partial charge in [-0.3, -0.25) is 4.79 Å². The van der Waals surface area contributed by atoms with Gasteiger partial charge in [0.15, 0.2) is 0 Å². The van der Waals surface area contributed by atoms with Gasteiger partial charge in [-0.25, -0.2) is 13.1 Å². The van der Waals surface area contributed by atoms with E-state index in [1.165, 1.54) is 16.4 Å². The molecule has 1 aromatic heterocycles. The molecule has 7 nitrogen and oxygen atoms in total. The number of anilines is 1. The van der Waals surface area contributed by atoms with Crippen LogP contribution in [0.5, 0.6) is 0 Å². The van der Waals surface area contributed by atoms with Crippen LogP contribution in [0.2, 0.25) is 10.0 Å². The van der Waals surface area contributed by atoms with E-state index < -0.39 is 15.9 Å². The normalized spacial score (nSPS) is 14.6. The van der Waals surface area contributed by atoms with Gasteiger partial charge < -0.3 is 5.32 Å². The molecule has 0 spiro atoms. The van der Waals surface area contributed by atoms with Gasteiger partial charge in [-0.15, -0.1) is 0 Å². The summed E-state index contributed by atoms with van der Waals surface area (Å²) in [5, 5.41) is 7.89. The maximum absolute atomic E-state index is 12.8. The first kappa shape index (κ1) is 21.8. The first-order valence-corrected chi connectivity index (χ1v) is 11.9. The summed E-state index contributed by atoms with van der Waals surface area (Å²) in [4.78, 5) is 12.9. The number of nitrogens with one attached hydrogen (secondary N) is 1. The Labute approximate surface area is 190 Å². The second kappa shape index (κ2) is 9.00. The smallest absolute Gasteiger partial charge is 0.256 e. The maximum Gasteiger partial charge on any atom is 0.256 e. The van der Waals surface area contributed by atoms with E-state index in [2.05, 4.69) is 10.4 Å². The summed E-state index contributed by atoms with van der Waals surface area (Å²) < 4.78 is 28.6. The molecule has 1 fully saturated rings. The molecule has 0 radical (unpaired) electrons. The molecule has 0 aliphatic carbocycles. The average Bonchev–Trinajstić information content (AvgIpc) is 3.44. The number of hydrogen-bond acceptors (Lipinski definition) is 4. The molecule has 1 saturated heterocycles. The number of hydrogen-bond donors (Lipinski definition) is 1. The minimum atomic E-state index is -3.61. The molecule has 1 aliphatic rings. The molecule has 4 rings (SSSR count). The first-order valence-electron chi connectivity index (χ1n) is 9.72. The van der Waals surface area contributed by atoms with E-state index in [9.17, 15) is 13.2 Å². The molecular weight excluding hydrogens is 459 g/mol. The second-order valence-corrected chi connectivity index (χ2v) is 9.90. The fourth-order valence-corrected chi connectivity index (χ4v) is 5.40. The lowest BCUT2D eigenvalue weighted by molar-refractivity contribution is 0.102. The molecule has 2 aromatic carbocycles. The molecule has 1 amide bonds.